The fraction of sp³-hybridized carbons (Fsp3) is 0.133. The molecule has 0 aliphatic rings. The predicted octanol–water partition coefficient (Wildman–Crippen LogP) is 2.84. The Balaban J connectivity index is 2.42. The van der Waals surface area contributed by atoms with E-state index < -0.39 is 0 Å². The lowest BCUT2D eigenvalue weighted by Crippen LogP contribution is -2.03. The highest BCUT2D eigenvalue weighted by Crippen LogP contribution is 2.28. The second-order valence-electron chi connectivity index (χ2n) is 4.49. The number of fused-ring (bicyclic) bond motifs is 1. The molecule has 0 saturated heterocycles. The van der Waals surface area contributed by atoms with E-state index in [1.54, 1.807) is 4.68 Å². The summed E-state index contributed by atoms with van der Waals surface area (Å²) in [7, 11) is 1.85. The van der Waals surface area contributed by atoms with E-state index in [4.69, 9.17) is 0 Å². The molecular weight excluding hydrogens is 224 g/mol. The van der Waals surface area contributed by atoms with Crippen LogP contribution in [0, 0.1) is 6.92 Å². The summed E-state index contributed by atoms with van der Waals surface area (Å²) in [5, 5.41) is 5.06. The summed E-state index contributed by atoms with van der Waals surface area (Å²) in [6.45, 7) is 1.95. The fourth-order valence-electron chi connectivity index (χ4n) is 2.38. The lowest BCUT2D eigenvalue weighted by atomic mass is 9.99. The van der Waals surface area contributed by atoms with E-state index >= 15 is 0 Å². The maximum atomic E-state index is 12.0. The largest absolute Gasteiger partial charge is 0.292 e. The zero-order chi connectivity index (χ0) is 12.7. The van der Waals surface area contributed by atoms with Gasteiger partial charge in [-0.15, -0.1) is 0 Å². The molecule has 0 aliphatic heterocycles. The third-order valence-corrected chi connectivity index (χ3v) is 3.42. The minimum Gasteiger partial charge on any atom is -0.292 e. The van der Waals surface area contributed by atoms with Crippen LogP contribution in [0.1, 0.15) is 5.69 Å². The molecule has 0 bridgehead atoms. The van der Waals surface area contributed by atoms with Gasteiger partial charge in [0.25, 0.3) is 5.56 Å². The van der Waals surface area contributed by atoms with Crippen molar-refractivity contribution >= 4 is 10.8 Å². The summed E-state index contributed by atoms with van der Waals surface area (Å²) in [4.78, 5) is 12.0. The van der Waals surface area contributed by atoms with Gasteiger partial charge in [-0.1, -0.05) is 42.5 Å². The number of hydrogen-bond donors (Lipinski definition) is 1. The van der Waals surface area contributed by atoms with E-state index in [1.165, 1.54) is 0 Å². The highest BCUT2D eigenvalue weighted by Gasteiger charge is 2.13. The van der Waals surface area contributed by atoms with Gasteiger partial charge in [0.05, 0.1) is 5.56 Å². The molecule has 3 nitrogen and oxygen atoms in total. The van der Waals surface area contributed by atoms with Crippen LogP contribution in [0.2, 0.25) is 0 Å². The molecule has 90 valence electrons. The van der Waals surface area contributed by atoms with Crippen LogP contribution in [-0.4, -0.2) is 9.78 Å². The standard InChI is InChI=1S/C15H14N2O/c1-10-14(15(18)16-17(10)2)13-9-5-7-11-6-3-4-8-12(11)13/h3-9H,1-2H3,(H,16,18). The molecule has 3 heteroatoms. The van der Waals surface area contributed by atoms with Crippen molar-refractivity contribution in [1.82, 2.24) is 9.78 Å². The van der Waals surface area contributed by atoms with E-state index in [2.05, 4.69) is 23.3 Å². The van der Waals surface area contributed by atoms with Crippen molar-refractivity contribution in [2.24, 2.45) is 7.05 Å². The van der Waals surface area contributed by atoms with E-state index in [9.17, 15) is 4.79 Å². The smallest absolute Gasteiger partial charge is 0.272 e. The average Bonchev–Trinajstić information content (AvgIpc) is 2.63. The molecule has 2 aromatic carbocycles. The Morgan fingerprint density at radius 2 is 1.78 bits per heavy atom. The van der Waals surface area contributed by atoms with Gasteiger partial charge in [0.2, 0.25) is 0 Å². The van der Waals surface area contributed by atoms with Crippen LogP contribution in [-0.2, 0) is 7.05 Å². The van der Waals surface area contributed by atoms with E-state index in [0.29, 0.717) is 0 Å². The Hall–Kier alpha value is -2.29. The normalized spacial score (nSPS) is 11.0. The maximum Gasteiger partial charge on any atom is 0.272 e. The monoisotopic (exact) mass is 238 g/mol. The first-order chi connectivity index (χ1) is 8.68. The molecule has 1 N–H and O–H groups in total. The average molecular weight is 238 g/mol. The summed E-state index contributed by atoms with van der Waals surface area (Å²) in [6.07, 6.45) is 0. The topological polar surface area (TPSA) is 37.8 Å². The van der Waals surface area contributed by atoms with Crippen LogP contribution in [0.3, 0.4) is 0 Å². The molecule has 0 fully saturated rings. The van der Waals surface area contributed by atoms with Crippen molar-refractivity contribution in [2.75, 3.05) is 0 Å². The van der Waals surface area contributed by atoms with Crippen molar-refractivity contribution in [2.45, 2.75) is 6.92 Å². The van der Waals surface area contributed by atoms with Gasteiger partial charge in [0, 0.05) is 12.7 Å². The van der Waals surface area contributed by atoms with Gasteiger partial charge in [0.15, 0.2) is 0 Å². The van der Waals surface area contributed by atoms with Crippen LogP contribution in [0.15, 0.2) is 47.3 Å². The summed E-state index contributed by atoms with van der Waals surface area (Å²) < 4.78 is 1.76. The summed E-state index contributed by atoms with van der Waals surface area (Å²) >= 11 is 0. The number of hydrogen-bond acceptors (Lipinski definition) is 1. The van der Waals surface area contributed by atoms with Gasteiger partial charge in [-0.3, -0.25) is 14.6 Å². The van der Waals surface area contributed by atoms with Crippen molar-refractivity contribution in [3.8, 4) is 11.1 Å². The highest BCUT2D eigenvalue weighted by molar-refractivity contribution is 5.96. The highest BCUT2D eigenvalue weighted by atomic mass is 16.1. The molecule has 18 heavy (non-hydrogen) atoms. The predicted molar refractivity (Wildman–Crippen MR) is 73.7 cm³/mol. The molecule has 0 unspecified atom stereocenters. The first-order valence-corrected chi connectivity index (χ1v) is 5.92. The molecule has 1 aromatic heterocycles. The number of aromatic amines is 1. The Labute approximate surface area is 105 Å². The van der Waals surface area contributed by atoms with Crippen LogP contribution in [0.4, 0.5) is 0 Å². The number of nitrogens with one attached hydrogen (secondary N) is 1. The van der Waals surface area contributed by atoms with E-state index in [1.807, 2.05) is 38.2 Å². The van der Waals surface area contributed by atoms with E-state index in [-0.39, 0.29) is 5.56 Å². The van der Waals surface area contributed by atoms with Gasteiger partial charge in [-0.05, 0) is 23.3 Å². The first-order valence-electron chi connectivity index (χ1n) is 5.92. The number of aryl methyl sites for hydroxylation is 1. The third kappa shape index (κ3) is 1.48. The molecule has 0 saturated carbocycles. The van der Waals surface area contributed by atoms with Gasteiger partial charge in [0.1, 0.15) is 0 Å². The van der Waals surface area contributed by atoms with E-state index in [0.717, 1.165) is 27.6 Å². The van der Waals surface area contributed by atoms with Crippen molar-refractivity contribution in [1.29, 1.82) is 0 Å². The van der Waals surface area contributed by atoms with Gasteiger partial charge in [-0.2, -0.15) is 0 Å². The lowest BCUT2D eigenvalue weighted by molar-refractivity contribution is 0.731. The van der Waals surface area contributed by atoms with Crippen LogP contribution in [0.25, 0.3) is 21.9 Å². The molecule has 0 radical (unpaired) electrons. The second-order valence-corrected chi connectivity index (χ2v) is 4.49. The van der Waals surface area contributed by atoms with Crippen LogP contribution >= 0.6 is 0 Å². The zero-order valence-corrected chi connectivity index (χ0v) is 10.4. The Morgan fingerprint density at radius 1 is 1.06 bits per heavy atom. The Bertz CT molecular complexity index is 775. The number of H-pyrrole nitrogens is 1. The van der Waals surface area contributed by atoms with Crippen LogP contribution in [0.5, 0.6) is 0 Å². The third-order valence-electron chi connectivity index (χ3n) is 3.42. The molecule has 3 rings (SSSR count). The number of aromatic nitrogens is 2. The Kier molecular flexibility index (Phi) is 2.33. The molecule has 0 atom stereocenters. The van der Waals surface area contributed by atoms with Crippen LogP contribution < -0.4 is 5.56 Å². The summed E-state index contributed by atoms with van der Waals surface area (Å²) in [5.74, 6) is 0. The molecule has 0 amide bonds. The molecular formula is C15H14N2O. The SMILES string of the molecule is Cc1c(-c2cccc3ccccc23)c(=O)[nH]n1C. The number of nitrogens with zero attached hydrogens (tertiary/aromatic N) is 1. The molecule has 0 aliphatic carbocycles. The molecule has 3 aromatic rings. The van der Waals surface area contributed by atoms with Gasteiger partial charge >= 0.3 is 0 Å². The zero-order valence-electron chi connectivity index (χ0n) is 10.4. The first kappa shape index (κ1) is 10.8. The van der Waals surface area contributed by atoms with Gasteiger partial charge in [-0.25, -0.2) is 0 Å². The van der Waals surface area contributed by atoms with Crippen molar-refractivity contribution < 1.29 is 0 Å². The quantitative estimate of drug-likeness (QED) is 0.695. The molecule has 1 heterocycles. The summed E-state index contributed by atoms with van der Waals surface area (Å²) in [5.41, 5.74) is 2.67. The van der Waals surface area contributed by atoms with Crippen molar-refractivity contribution in [3.05, 3.63) is 58.5 Å². The lowest BCUT2D eigenvalue weighted by Gasteiger charge is -2.05. The summed E-state index contributed by atoms with van der Waals surface area (Å²) in [6, 6.07) is 14.2. The fourth-order valence-corrected chi connectivity index (χ4v) is 2.38. The second kappa shape index (κ2) is 3.88. The molecule has 0 spiro atoms. The van der Waals surface area contributed by atoms with Crippen molar-refractivity contribution in [3.63, 3.8) is 0 Å². The van der Waals surface area contributed by atoms with Gasteiger partial charge < -0.3 is 0 Å². The minimum atomic E-state index is -0.0358. The maximum absolute atomic E-state index is 12.0. The number of rotatable bonds is 1. The minimum absolute atomic E-state index is 0.0358. The Morgan fingerprint density at radius 3 is 2.50 bits per heavy atom. The number of benzene rings is 2.